The van der Waals surface area contributed by atoms with Gasteiger partial charge >= 0.3 is 0 Å². The fraction of sp³-hybridized carbons (Fsp3) is 0.857. The lowest BCUT2D eigenvalue weighted by atomic mass is 9.97. The number of carbonyl (C=O) groups excluding carboxylic acids is 2. The van der Waals surface area contributed by atoms with Gasteiger partial charge in [-0.25, -0.2) is 0 Å². The van der Waals surface area contributed by atoms with Crippen molar-refractivity contribution in [3.05, 3.63) is 11.6 Å². The summed E-state index contributed by atoms with van der Waals surface area (Å²) in [5, 5.41) is 0. The molecule has 0 aliphatic carbocycles. The molecule has 1 fully saturated rings. The van der Waals surface area contributed by atoms with Crippen LogP contribution in [0.4, 0.5) is 0 Å². The van der Waals surface area contributed by atoms with E-state index in [-0.39, 0.29) is 17.9 Å². The van der Waals surface area contributed by atoms with Gasteiger partial charge in [0.15, 0.2) is 0 Å². The molecular formula is C28H51NO2. The van der Waals surface area contributed by atoms with Gasteiger partial charge in [-0.05, 0) is 19.8 Å². The molecule has 0 saturated carbocycles. The van der Waals surface area contributed by atoms with Crippen LogP contribution in [-0.4, -0.2) is 22.8 Å². The molecule has 1 aliphatic heterocycles. The van der Waals surface area contributed by atoms with Gasteiger partial charge in [-0.3, -0.25) is 14.5 Å². The summed E-state index contributed by atoms with van der Waals surface area (Å²) in [6.45, 7) is 6.55. The molecule has 0 radical (unpaired) electrons. The van der Waals surface area contributed by atoms with Gasteiger partial charge in [0.25, 0.3) is 0 Å². The Morgan fingerprint density at radius 1 is 0.710 bits per heavy atom. The van der Waals surface area contributed by atoms with E-state index in [4.69, 9.17) is 0 Å². The lowest BCUT2D eigenvalue weighted by molar-refractivity contribution is -0.140. The Hall–Kier alpha value is -1.12. The third-order valence-corrected chi connectivity index (χ3v) is 6.76. The topological polar surface area (TPSA) is 37.4 Å². The highest BCUT2D eigenvalue weighted by atomic mass is 16.2. The molecule has 31 heavy (non-hydrogen) atoms. The van der Waals surface area contributed by atoms with Gasteiger partial charge in [0.2, 0.25) is 11.8 Å². The summed E-state index contributed by atoms with van der Waals surface area (Å²) in [4.78, 5) is 26.1. The van der Waals surface area contributed by atoms with Crippen molar-refractivity contribution in [2.45, 2.75) is 155 Å². The second-order valence-electron chi connectivity index (χ2n) is 9.65. The molecule has 0 aromatic carbocycles. The van der Waals surface area contributed by atoms with Crippen LogP contribution in [0.3, 0.4) is 0 Å². The fourth-order valence-electron chi connectivity index (χ4n) is 4.72. The van der Waals surface area contributed by atoms with E-state index >= 15 is 0 Å². The second-order valence-corrected chi connectivity index (χ2v) is 9.65. The van der Waals surface area contributed by atoms with Gasteiger partial charge in [-0.1, -0.05) is 128 Å². The third-order valence-electron chi connectivity index (χ3n) is 6.76. The molecule has 0 aromatic rings. The molecule has 3 nitrogen and oxygen atoms in total. The highest BCUT2D eigenvalue weighted by Gasteiger charge is 2.35. The van der Waals surface area contributed by atoms with Crippen LogP contribution in [0.5, 0.6) is 0 Å². The molecule has 2 amide bonds. The van der Waals surface area contributed by atoms with Crippen LogP contribution >= 0.6 is 0 Å². The van der Waals surface area contributed by atoms with Crippen molar-refractivity contribution in [2.75, 3.05) is 0 Å². The standard InChI is InChI=1S/C28H51NO2/c1-4-6-8-9-10-11-12-13-14-15-16-17-18-19-20-22-26(25(3)21-7-5-2)29-27(30)23-24-28(29)31/h21,26H,4-20,22-24H2,1-3H3/b25-21+. The first-order valence-corrected chi connectivity index (χ1v) is 13.6. The number of likely N-dealkylation sites (tertiary alicyclic amines) is 1. The van der Waals surface area contributed by atoms with E-state index in [1.165, 1.54) is 95.5 Å². The quantitative estimate of drug-likeness (QED) is 0.110. The van der Waals surface area contributed by atoms with Crippen molar-refractivity contribution in [3.63, 3.8) is 0 Å². The minimum atomic E-state index is -0.00368. The van der Waals surface area contributed by atoms with Crippen molar-refractivity contribution in [1.29, 1.82) is 0 Å². The summed E-state index contributed by atoms with van der Waals surface area (Å²) in [6.07, 6.45) is 26.5. The van der Waals surface area contributed by atoms with Gasteiger partial charge in [0.1, 0.15) is 0 Å². The van der Waals surface area contributed by atoms with E-state index in [2.05, 4.69) is 26.8 Å². The largest absolute Gasteiger partial charge is 0.275 e. The molecule has 1 unspecified atom stereocenters. The summed E-state index contributed by atoms with van der Waals surface area (Å²) in [5.41, 5.74) is 1.20. The molecule has 1 atom stereocenters. The smallest absolute Gasteiger partial charge is 0.230 e. The maximum atomic E-state index is 12.2. The molecule has 180 valence electrons. The molecule has 1 aliphatic rings. The normalized spacial score (nSPS) is 15.8. The number of nitrogens with zero attached hydrogens (tertiary/aromatic N) is 1. The van der Waals surface area contributed by atoms with Gasteiger partial charge in [0, 0.05) is 12.8 Å². The Labute approximate surface area is 193 Å². The summed E-state index contributed by atoms with van der Waals surface area (Å²) < 4.78 is 0. The SMILES string of the molecule is CCC/C=C(\C)C(CCCCCCCCCCCCCCCCC)N1C(=O)CCC1=O. The summed E-state index contributed by atoms with van der Waals surface area (Å²) in [5.74, 6) is 0.0559. The number of amides is 2. The maximum Gasteiger partial charge on any atom is 0.230 e. The first-order chi connectivity index (χ1) is 15.1. The molecule has 0 bridgehead atoms. The zero-order chi connectivity index (χ0) is 22.7. The zero-order valence-electron chi connectivity index (χ0n) is 21.1. The van der Waals surface area contributed by atoms with E-state index < -0.39 is 0 Å². The zero-order valence-corrected chi connectivity index (χ0v) is 21.1. The molecule has 1 saturated heterocycles. The maximum absolute atomic E-state index is 12.2. The first-order valence-electron chi connectivity index (χ1n) is 13.6. The summed E-state index contributed by atoms with van der Waals surface area (Å²) >= 11 is 0. The number of carbonyl (C=O) groups is 2. The average molecular weight is 434 g/mol. The summed E-state index contributed by atoms with van der Waals surface area (Å²) in [6, 6.07) is -0.00368. The van der Waals surface area contributed by atoms with E-state index in [0.29, 0.717) is 12.8 Å². The number of rotatable bonds is 20. The number of unbranched alkanes of at least 4 members (excludes halogenated alkanes) is 15. The fourth-order valence-corrected chi connectivity index (χ4v) is 4.72. The molecule has 1 heterocycles. The molecule has 3 heteroatoms. The van der Waals surface area contributed by atoms with Crippen molar-refractivity contribution in [2.24, 2.45) is 0 Å². The Morgan fingerprint density at radius 2 is 1.13 bits per heavy atom. The van der Waals surface area contributed by atoms with Gasteiger partial charge in [-0.2, -0.15) is 0 Å². The molecule has 0 N–H and O–H groups in total. The first kappa shape index (κ1) is 27.9. The molecule has 1 rings (SSSR count). The predicted octanol–water partition coefficient (Wildman–Crippen LogP) is 8.51. The van der Waals surface area contributed by atoms with Crippen LogP contribution < -0.4 is 0 Å². The lowest BCUT2D eigenvalue weighted by Crippen LogP contribution is -2.40. The van der Waals surface area contributed by atoms with Crippen LogP contribution in [0.25, 0.3) is 0 Å². The van der Waals surface area contributed by atoms with Crippen molar-refractivity contribution in [1.82, 2.24) is 4.90 Å². The number of imide groups is 1. The van der Waals surface area contributed by atoms with E-state index in [0.717, 1.165) is 25.7 Å². The number of allylic oxidation sites excluding steroid dienone is 1. The second kappa shape index (κ2) is 18.5. The van der Waals surface area contributed by atoms with Gasteiger partial charge < -0.3 is 0 Å². The predicted molar refractivity (Wildman–Crippen MR) is 133 cm³/mol. The van der Waals surface area contributed by atoms with Crippen LogP contribution in [0.1, 0.15) is 149 Å². The van der Waals surface area contributed by atoms with Crippen molar-refractivity contribution < 1.29 is 9.59 Å². The highest BCUT2D eigenvalue weighted by Crippen LogP contribution is 2.25. The van der Waals surface area contributed by atoms with E-state index in [9.17, 15) is 9.59 Å². The number of hydrogen-bond acceptors (Lipinski definition) is 2. The average Bonchev–Trinajstić information content (AvgIpc) is 3.09. The van der Waals surface area contributed by atoms with E-state index in [1.807, 2.05) is 0 Å². The summed E-state index contributed by atoms with van der Waals surface area (Å²) in [7, 11) is 0. The minimum Gasteiger partial charge on any atom is -0.275 e. The minimum absolute atomic E-state index is 0.00368. The highest BCUT2D eigenvalue weighted by molar-refractivity contribution is 6.02. The lowest BCUT2D eigenvalue weighted by Gasteiger charge is -2.27. The van der Waals surface area contributed by atoms with Crippen LogP contribution in [-0.2, 0) is 9.59 Å². The molecule has 0 aromatic heterocycles. The molecule has 0 spiro atoms. The van der Waals surface area contributed by atoms with Crippen LogP contribution in [0.15, 0.2) is 11.6 Å². The number of hydrogen-bond donors (Lipinski definition) is 0. The Bertz CT molecular complexity index is 495. The van der Waals surface area contributed by atoms with Crippen molar-refractivity contribution in [3.8, 4) is 0 Å². The van der Waals surface area contributed by atoms with Gasteiger partial charge in [-0.15, -0.1) is 0 Å². The Morgan fingerprint density at radius 3 is 1.55 bits per heavy atom. The van der Waals surface area contributed by atoms with E-state index in [1.54, 1.807) is 4.90 Å². The monoisotopic (exact) mass is 433 g/mol. The Balaban J connectivity index is 2.11. The van der Waals surface area contributed by atoms with Crippen molar-refractivity contribution >= 4 is 11.8 Å². The Kier molecular flexibility index (Phi) is 16.6. The van der Waals surface area contributed by atoms with Crippen LogP contribution in [0.2, 0.25) is 0 Å². The third kappa shape index (κ3) is 12.5. The van der Waals surface area contributed by atoms with Crippen LogP contribution in [0, 0.1) is 0 Å². The molecular weight excluding hydrogens is 382 g/mol. The van der Waals surface area contributed by atoms with Gasteiger partial charge in [0.05, 0.1) is 6.04 Å².